The zero-order valence-corrected chi connectivity index (χ0v) is 13.4. The molecule has 0 spiro atoms. The number of aliphatic hydroxyl groups is 1. The Bertz CT molecular complexity index is 658. The molecule has 7 heteroatoms. The molecule has 0 aliphatic rings. The minimum atomic E-state index is -0.569. The summed E-state index contributed by atoms with van der Waals surface area (Å²) in [5.41, 5.74) is 0.725. The smallest absolute Gasteiger partial charge is 0.131 e. The van der Waals surface area contributed by atoms with E-state index in [0.717, 1.165) is 0 Å². The molecule has 0 aliphatic heterocycles. The van der Waals surface area contributed by atoms with Crippen molar-refractivity contribution in [2.75, 3.05) is 0 Å². The Kier molecular flexibility index (Phi) is 5.06. The molecule has 106 valence electrons. The highest BCUT2D eigenvalue weighted by molar-refractivity contribution is 6.56. The lowest BCUT2D eigenvalue weighted by molar-refractivity contribution is 0.282. The second-order valence-corrected chi connectivity index (χ2v) is 5.81. The first-order chi connectivity index (χ1) is 9.38. The fraction of sp³-hybridized carbons (Fsp3) is 0.0769. The van der Waals surface area contributed by atoms with Gasteiger partial charge in [-0.2, -0.15) is 0 Å². The molecule has 0 saturated heterocycles. The second kappa shape index (κ2) is 6.27. The summed E-state index contributed by atoms with van der Waals surface area (Å²) < 4.78 is 14.0. The standard InChI is InChI=1S/C13H6Cl5FO/c14-9-8(10(15)12(17)13(18)11(9)16)6-3-5(4-20)1-2-7(6)19/h1-3,20H,4H2. The van der Waals surface area contributed by atoms with Crippen molar-refractivity contribution in [1.82, 2.24) is 0 Å². The van der Waals surface area contributed by atoms with E-state index in [1.165, 1.54) is 18.2 Å². The van der Waals surface area contributed by atoms with Crippen LogP contribution in [0.5, 0.6) is 0 Å². The third-order valence-corrected chi connectivity index (χ3v) is 4.97. The first-order valence-corrected chi connectivity index (χ1v) is 7.18. The van der Waals surface area contributed by atoms with E-state index in [1.54, 1.807) is 0 Å². The number of halogens is 6. The molecule has 0 unspecified atom stereocenters. The van der Waals surface area contributed by atoms with E-state index in [1.807, 2.05) is 0 Å². The maximum Gasteiger partial charge on any atom is 0.131 e. The maximum atomic E-state index is 14.0. The lowest BCUT2D eigenvalue weighted by atomic mass is 10.0. The maximum absolute atomic E-state index is 14.0. The van der Waals surface area contributed by atoms with Crippen LogP contribution in [0, 0.1) is 5.82 Å². The molecule has 0 atom stereocenters. The number of rotatable bonds is 2. The van der Waals surface area contributed by atoms with Crippen molar-refractivity contribution in [3.63, 3.8) is 0 Å². The van der Waals surface area contributed by atoms with Crippen molar-refractivity contribution < 1.29 is 9.50 Å². The van der Waals surface area contributed by atoms with Gasteiger partial charge in [-0.05, 0) is 17.7 Å². The second-order valence-electron chi connectivity index (χ2n) is 3.92. The number of hydrogen-bond acceptors (Lipinski definition) is 1. The molecule has 2 rings (SSSR count). The zero-order chi connectivity index (χ0) is 15.0. The summed E-state index contributed by atoms with van der Waals surface area (Å²) in [5.74, 6) is -0.569. The first kappa shape index (κ1) is 16.2. The van der Waals surface area contributed by atoms with Crippen LogP contribution in [0.15, 0.2) is 18.2 Å². The van der Waals surface area contributed by atoms with Crippen molar-refractivity contribution >= 4 is 58.0 Å². The van der Waals surface area contributed by atoms with E-state index in [0.29, 0.717) is 5.56 Å². The van der Waals surface area contributed by atoms with Crippen LogP contribution in [0.25, 0.3) is 11.1 Å². The van der Waals surface area contributed by atoms with Crippen molar-refractivity contribution in [2.24, 2.45) is 0 Å². The van der Waals surface area contributed by atoms with Gasteiger partial charge in [0.15, 0.2) is 0 Å². The Morgan fingerprint density at radius 1 is 0.850 bits per heavy atom. The summed E-state index contributed by atoms with van der Waals surface area (Å²) in [6, 6.07) is 4.06. The van der Waals surface area contributed by atoms with E-state index < -0.39 is 5.82 Å². The Balaban J connectivity index is 2.83. The molecule has 0 heterocycles. The van der Waals surface area contributed by atoms with Gasteiger partial charge in [0.05, 0.1) is 31.7 Å². The quantitative estimate of drug-likeness (QED) is 0.486. The van der Waals surface area contributed by atoms with Crippen LogP contribution in [0.1, 0.15) is 5.56 Å². The van der Waals surface area contributed by atoms with Crippen molar-refractivity contribution in [1.29, 1.82) is 0 Å². The van der Waals surface area contributed by atoms with Crippen LogP contribution in [-0.2, 0) is 6.61 Å². The molecule has 0 fully saturated rings. The fourth-order valence-corrected chi connectivity index (χ4v) is 3.05. The largest absolute Gasteiger partial charge is 0.392 e. The van der Waals surface area contributed by atoms with Crippen molar-refractivity contribution in [3.05, 3.63) is 54.7 Å². The summed E-state index contributed by atoms with van der Waals surface area (Å²) in [6.07, 6.45) is 0. The SMILES string of the molecule is OCc1ccc(F)c(-c2c(Cl)c(Cl)c(Cl)c(Cl)c2Cl)c1. The molecule has 1 N–H and O–H groups in total. The fourth-order valence-electron chi connectivity index (χ4n) is 1.70. The average molecular weight is 374 g/mol. The summed E-state index contributed by atoms with van der Waals surface area (Å²) in [4.78, 5) is 0. The molecule has 2 aromatic rings. The Hall–Kier alpha value is -0.220. The number of benzene rings is 2. The lowest BCUT2D eigenvalue weighted by Gasteiger charge is -2.14. The van der Waals surface area contributed by atoms with Gasteiger partial charge in [0.1, 0.15) is 5.82 Å². The van der Waals surface area contributed by atoms with Gasteiger partial charge < -0.3 is 5.11 Å². The van der Waals surface area contributed by atoms with E-state index >= 15 is 0 Å². The Morgan fingerprint density at radius 2 is 1.35 bits per heavy atom. The van der Waals surface area contributed by atoms with E-state index in [9.17, 15) is 4.39 Å². The number of hydrogen-bond donors (Lipinski definition) is 1. The highest BCUT2D eigenvalue weighted by Gasteiger charge is 2.22. The highest BCUT2D eigenvalue weighted by Crippen LogP contribution is 2.48. The molecule has 0 aromatic heterocycles. The molecule has 1 nitrogen and oxygen atoms in total. The zero-order valence-electron chi connectivity index (χ0n) is 9.65. The van der Waals surface area contributed by atoms with Crippen LogP contribution in [-0.4, -0.2) is 5.11 Å². The topological polar surface area (TPSA) is 20.2 Å². The summed E-state index contributed by atoms with van der Waals surface area (Å²) >= 11 is 30.0. The molecule has 0 bridgehead atoms. The molecular weight excluding hydrogens is 368 g/mol. The predicted molar refractivity (Wildman–Crippen MR) is 82.8 cm³/mol. The van der Waals surface area contributed by atoms with Gasteiger partial charge in [-0.15, -0.1) is 0 Å². The van der Waals surface area contributed by atoms with Crippen LogP contribution >= 0.6 is 58.0 Å². The van der Waals surface area contributed by atoms with E-state index in [-0.39, 0.29) is 42.8 Å². The van der Waals surface area contributed by atoms with Gasteiger partial charge in [-0.25, -0.2) is 4.39 Å². The van der Waals surface area contributed by atoms with Gasteiger partial charge >= 0.3 is 0 Å². The predicted octanol–water partition coefficient (Wildman–Crippen LogP) is 6.25. The minimum absolute atomic E-state index is 0.0000523. The lowest BCUT2D eigenvalue weighted by Crippen LogP contribution is -1.93. The van der Waals surface area contributed by atoms with Crippen LogP contribution < -0.4 is 0 Å². The van der Waals surface area contributed by atoms with Gasteiger partial charge in [-0.3, -0.25) is 0 Å². The Morgan fingerprint density at radius 3 is 1.85 bits per heavy atom. The van der Waals surface area contributed by atoms with E-state index in [4.69, 9.17) is 63.1 Å². The van der Waals surface area contributed by atoms with Crippen molar-refractivity contribution in [2.45, 2.75) is 6.61 Å². The average Bonchev–Trinajstić information content (AvgIpc) is 2.45. The molecule has 0 saturated carbocycles. The van der Waals surface area contributed by atoms with Crippen LogP contribution in [0.3, 0.4) is 0 Å². The minimum Gasteiger partial charge on any atom is -0.392 e. The molecule has 0 amide bonds. The van der Waals surface area contributed by atoms with Gasteiger partial charge in [-0.1, -0.05) is 64.1 Å². The third-order valence-electron chi connectivity index (χ3n) is 2.69. The summed E-state index contributed by atoms with van der Waals surface area (Å²) in [6.45, 7) is -0.252. The monoisotopic (exact) mass is 372 g/mol. The van der Waals surface area contributed by atoms with Crippen LogP contribution in [0.2, 0.25) is 25.1 Å². The number of aliphatic hydroxyl groups excluding tert-OH is 1. The third kappa shape index (κ3) is 2.74. The Labute approximate surface area is 139 Å². The summed E-state index contributed by atoms with van der Waals surface area (Å²) in [7, 11) is 0. The van der Waals surface area contributed by atoms with Crippen molar-refractivity contribution in [3.8, 4) is 11.1 Å². The van der Waals surface area contributed by atoms with Crippen LogP contribution in [0.4, 0.5) is 4.39 Å². The van der Waals surface area contributed by atoms with Gasteiger partial charge in [0.25, 0.3) is 0 Å². The normalized spacial score (nSPS) is 10.9. The van der Waals surface area contributed by atoms with Gasteiger partial charge in [0.2, 0.25) is 0 Å². The molecule has 0 radical (unpaired) electrons. The molecule has 20 heavy (non-hydrogen) atoms. The van der Waals surface area contributed by atoms with E-state index in [2.05, 4.69) is 0 Å². The molecule has 0 aliphatic carbocycles. The summed E-state index contributed by atoms with van der Waals surface area (Å²) in [5, 5.41) is 9.12. The molecular formula is C13H6Cl5FO. The molecule has 2 aromatic carbocycles. The first-order valence-electron chi connectivity index (χ1n) is 5.29. The highest BCUT2D eigenvalue weighted by atomic mass is 35.5. The van der Waals surface area contributed by atoms with Gasteiger partial charge in [0, 0.05) is 11.1 Å².